The molecule has 1 N–H and O–H groups in total. The first-order chi connectivity index (χ1) is 9.04. The van der Waals surface area contributed by atoms with E-state index in [9.17, 15) is 14.7 Å². The van der Waals surface area contributed by atoms with Gasteiger partial charge in [-0.1, -0.05) is 0 Å². The molecule has 0 aromatic rings. The van der Waals surface area contributed by atoms with E-state index in [2.05, 4.69) is 0 Å². The molecule has 108 valence electrons. The van der Waals surface area contributed by atoms with Crippen LogP contribution in [-0.4, -0.2) is 47.2 Å². The molecular weight excluding hydrogens is 246 g/mol. The molecule has 0 spiro atoms. The molecule has 2 rings (SSSR count). The molecule has 2 saturated heterocycles. The van der Waals surface area contributed by atoms with Crippen LogP contribution < -0.4 is 0 Å². The number of amides is 1. The van der Waals surface area contributed by atoms with Crippen molar-refractivity contribution in [3.05, 3.63) is 0 Å². The molecule has 0 saturated carbocycles. The highest BCUT2D eigenvalue weighted by Gasteiger charge is 2.45. The van der Waals surface area contributed by atoms with Crippen molar-refractivity contribution in [2.24, 2.45) is 5.92 Å². The molecule has 2 aliphatic rings. The standard InChI is InChI=1S/C14H23NO4/c1-14(13(17)18)7-2-8-15(14)12(16)4-3-11-5-9-19-10-6-11/h11H,2-10H2,1H3,(H,17,18). The molecule has 19 heavy (non-hydrogen) atoms. The summed E-state index contributed by atoms with van der Waals surface area (Å²) in [6.07, 6.45) is 4.70. The van der Waals surface area contributed by atoms with Gasteiger partial charge in [0.05, 0.1) is 0 Å². The topological polar surface area (TPSA) is 66.8 Å². The third kappa shape index (κ3) is 3.08. The highest BCUT2D eigenvalue weighted by atomic mass is 16.5. The minimum atomic E-state index is -0.993. The van der Waals surface area contributed by atoms with E-state index in [4.69, 9.17) is 4.74 Å². The van der Waals surface area contributed by atoms with Crippen LogP contribution in [0.3, 0.4) is 0 Å². The quantitative estimate of drug-likeness (QED) is 0.843. The second-order valence-electron chi connectivity index (χ2n) is 5.82. The summed E-state index contributed by atoms with van der Waals surface area (Å²) in [5, 5.41) is 9.30. The summed E-state index contributed by atoms with van der Waals surface area (Å²) in [7, 11) is 0. The number of aliphatic carboxylic acids is 1. The SMILES string of the molecule is CC1(C(=O)O)CCCN1C(=O)CCC1CCOCC1. The van der Waals surface area contributed by atoms with Crippen LogP contribution in [-0.2, 0) is 14.3 Å². The maximum absolute atomic E-state index is 12.2. The lowest BCUT2D eigenvalue weighted by Gasteiger charge is -2.32. The molecule has 0 radical (unpaired) electrons. The molecule has 2 fully saturated rings. The van der Waals surface area contributed by atoms with E-state index in [1.165, 1.54) is 0 Å². The number of carboxylic acids is 1. The Hall–Kier alpha value is -1.10. The zero-order valence-corrected chi connectivity index (χ0v) is 11.6. The molecule has 0 aliphatic carbocycles. The third-order valence-corrected chi connectivity index (χ3v) is 4.51. The van der Waals surface area contributed by atoms with Gasteiger partial charge in [0.15, 0.2) is 0 Å². The lowest BCUT2D eigenvalue weighted by Crippen LogP contribution is -2.50. The highest BCUT2D eigenvalue weighted by molar-refractivity contribution is 5.87. The summed E-state index contributed by atoms with van der Waals surface area (Å²) >= 11 is 0. The van der Waals surface area contributed by atoms with E-state index in [1.54, 1.807) is 11.8 Å². The summed E-state index contributed by atoms with van der Waals surface area (Å²) in [5.74, 6) is -0.338. The fourth-order valence-electron chi connectivity index (χ4n) is 3.08. The fraction of sp³-hybridized carbons (Fsp3) is 0.857. The lowest BCUT2D eigenvalue weighted by molar-refractivity contribution is -0.155. The highest BCUT2D eigenvalue weighted by Crippen LogP contribution is 2.31. The van der Waals surface area contributed by atoms with E-state index in [-0.39, 0.29) is 5.91 Å². The molecule has 0 aromatic carbocycles. The maximum atomic E-state index is 12.2. The van der Waals surface area contributed by atoms with Crippen LogP contribution >= 0.6 is 0 Å². The molecule has 5 nitrogen and oxygen atoms in total. The van der Waals surface area contributed by atoms with Crippen molar-refractivity contribution in [1.29, 1.82) is 0 Å². The number of hydrogen-bond donors (Lipinski definition) is 1. The van der Waals surface area contributed by atoms with Crippen molar-refractivity contribution in [2.45, 2.75) is 51.0 Å². The average molecular weight is 269 g/mol. The van der Waals surface area contributed by atoms with Gasteiger partial charge in [0, 0.05) is 26.2 Å². The van der Waals surface area contributed by atoms with Gasteiger partial charge in [-0.3, -0.25) is 4.79 Å². The number of carbonyl (C=O) groups is 2. The van der Waals surface area contributed by atoms with Crippen molar-refractivity contribution in [2.75, 3.05) is 19.8 Å². The monoisotopic (exact) mass is 269 g/mol. The Kier molecular flexibility index (Phi) is 4.45. The number of nitrogens with zero attached hydrogens (tertiary/aromatic N) is 1. The maximum Gasteiger partial charge on any atom is 0.329 e. The Morgan fingerprint density at radius 2 is 2.05 bits per heavy atom. The summed E-state index contributed by atoms with van der Waals surface area (Å²) in [6.45, 7) is 3.81. The molecule has 2 aliphatic heterocycles. The van der Waals surface area contributed by atoms with Crippen molar-refractivity contribution in [3.63, 3.8) is 0 Å². The number of carbonyl (C=O) groups excluding carboxylic acids is 1. The third-order valence-electron chi connectivity index (χ3n) is 4.51. The number of rotatable bonds is 4. The second kappa shape index (κ2) is 5.90. The van der Waals surface area contributed by atoms with Crippen LogP contribution in [0.4, 0.5) is 0 Å². The minimum absolute atomic E-state index is 0.00566. The first-order valence-electron chi connectivity index (χ1n) is 7.15. The van der Waals surface area contributed by atoms with Crippen LogP contribution in [0.5, 0.6) is 0 Å². The number of carboxylic acid groups (broad SMARTS) is 1. The minimum Gasteiger partial charge on any atom is -0.480 e. The van der Waals surface area contributed by atoms with Crippen LogP contribution in [0.1, 0.15) is 45.4 Å². The predicted octanol–water partition coefficient (Wildman–Crippen LogP) is 1.66. The smallest absolute Gasteiger partial charge is 0.329 e. The Bertz CT molecular complexity index is 351. The van der Waals surface area contributed by atoms with Crippen molar-refractivity contribution in [1.82, 2.24) is 4.90 Å². The van der Waals surface area contributed by atoms with Gasteiger partial charge in [-0.05, 0) is 44.9 Å². The van der Waals surface area contributed by atoms with Crippen molar-refractivity contribution < 1.29 is 19.4 Å². The van der Waals surface area contributed by atoms with Crippen LogP contribution in [0.25, 0.3) is 0 Å². The van der Waals surface area contributed by atoms with Gasteiger partial charge in [-0.15, -0.1) is 0 Å². The molecule has 1 atom stereocenters. The number of hydrogen-bond acceptors (Lipinski definition) is 3. The van der Waals surface area contributed by atoms with Crippen LogP contribution in [0.2, 0.25) is 0 Å². The zero-order valence-electron chi connectivity index (χ0n) is 11.6. The normalized spacial score (nSPS) is 28.6. The number of ether oxygens (including phenoxy) is 1. The Balaban J connectivity index is 1.87. The summed E-state index contributed by atoms with van der Waals surface area (Å²) in [4.78, 5) is 25.1. The van der Waals surface area contributed by atoms with E-state index < -0.39 is 11.5 Å². The fourth-order valence-corrected chi connectivity index (χ4v) is 3.08. The van der Waals surface area contributed by atoms with E-state index in [1.807, 2.05) is 0 Å². The van der Waals surface area contributed by atoms with Gasteiger partial charge < -0.3 is 14.7 Å². The summed E-state index contributed by atoms with van der Waals surface area (Å²) < 4.78 is 5.30. The zero-order chi connectivity index (χ0) is 13.9. The molecule has 2 heterocycles. The van der Waals surface area contributed by atoms with Crippen molar-refractivity contribution >= 4 is 11.9 Å². The van der Waals surface area contributed by atoms with E-state index >= 15 is 0 Å². The Morgan fingerprint density at radius 3 is 2.68 bits per heavy atom. The largest absolute Gasteiger partial charge is 0.480 e. The van der Waals surface area contributed by atoms with Crippen LogP contribution in [0, 0.1) is 5.92 Å². The molecular formula is C14H23NO4. The molecule has 0 aromatic heterocycles. The average Bonchev–Trinajstić information content (AvgIpc) is 2.81. The lowest BCUT2D eigenvalue weighted by atomic mass is 9.94. The molecule has 0 bridgehead atoms. The van der Waals surface area contributed by atoms with Gasteiger partial charge in [0.1, 0.15) is 5.54 Å². The summed E-state index contributed by atoms with van der Waals surface area (Å²) in [6, 6.07) is 0. The second-order valence-corrected chi connectivity index (χ2v) is 5.82. The van der Waals surface area contributed by atoms with Gasteiger partial charge >= 0.3 is 5.97 Å². The molecule has 5 heteroatoms. The Labute approximate surface area is 113 Å². The Morgan fingerprint density at radius 1 is 1.37 bits per heavy atom. The first kappa shape index (κ1) is 14.3. The van der Waals surface area contributed by atoms with Crippen molar-refractivity contribution in [3.8, 4) is 0 Å². The number of likely N-dealkylation sites (tertiary alicyclic amines) is 1. The summed E-state index contributed by atoms with van der Waals surface area (Å²) in [5.41, 5.74) is -0.993. The van der Waals surface area contributed by atoms with Gasteiger partial charge in [0.25, 0.3) is 0 Å². The van der Waals surface area contributed by atoms with Gasteiger partial charge in [-0.25, -0.2) is 4.79 Å². The molecule has 1 unspecified atom stereocenters. The molecule has 1 amide bonds. The van der Waals surface area contributed by atoms with E-state index in [0.29, 0.717) is 25.3 Å². The van der Waals surface area contributed by atoms with Gasteiger partial charge in [0.2, 0.25) is 5.91 Å². The first-order valence-corrected chi connectivity index (χ1v) is 7.15. The predicted molar refractivity (Wildman–Crippen MR) is 69.8 cm³/mol. The van der Waals surface area contributed by atoms with E-state index in [0.717, 1.165) is 38.9 Å². The van der Waals surface area contributed by atoms with Gasteiger partial charge in [-0.2, -0.15) is 0 Å². The van der Waals surface area contributed by atoms with Crippen LogP contribution in [0.15, 0.2) is 0 Å².